The van der Waals surface area contributed by atoms with Crippen molar-refractivity contribution < 1.29 is 9.18 Å². The first-order valence-corrected chi connectivity index (χ1v) is 8.15. The number of carbonyl (C=O) groups is 1. The van der Waals surface area contributed by atoms with Crippen LogP contribution >= 0.6 is 11.6 Å². The number of nitrogens with zero attached hydrogens (tertiary/aromatic N) is 1. The van der Waals surface area contributed by atoms with Crippen LogP contribution in [0.5, 0.6) is 0 Å². The van der Waals surface area contributed by atoms with Crippen LogP contribution in [0.3, 0.4) is 0 Å². The van der Waals surface area contributed by atoms with E-state index in [0.717, 1.165) is 35.5 Å². The molecule has 0 saturated carbocycles. The number of hydrogen-bond donors (Lipinski definition) is 1. The minimum absolute atomic E-state index is 0.0778. The number of hydrogen-bond acceptors (Lipinski definition) is 2. The molecule has 118 valence electrons. The molecule has 2 aliphatic rings. The number of fused-ring (bicyclic) bond motifs is 1. The monoisotopic (exact) mass is 330 g/mol. The molecule has 4 rings (SSSR count). The predicted octanol–water partition coefficient (Wildman–Crippen LogP) is 3.78. The summed E-state index contributed by atoms with van der Waals surface area (Å²) in [6.45, 7) is 1.45. The fraction of sp³-hybridized carbons (Fsp3) is 0.278. The van der Waals surface area contributed by atoms with Crippen LogP contribution in [0.25, 0.3) is 0 Å². The van der Waals surface area contributed by atoms with Gasteiger partial charge in [0.2, 0.25) is 5.91 Å². The van der Waals surface area contributed by atoms with Crippen molar-refractivity contribution >= 4 is 28.9 Å². The van der Waals surface area contributed by atoms with Crippen LogP contribution in [0.4, 0.5) is 15.8 Å². The molecule has 0 aliphatic carbocycles. The fourth-order valence-electron chi connectivity index (χ4n) is 3.59. The lowest BCUT2D eigenvalue weighted by Crippen LogP contribution is -2.21. The smallest absolute Gasteiger partial charge is 0.227 e. The molecule has 0 aromatic heterocycles. The van der Waals surface area contributed by atoms with Gasteiger partial charge in [-0.3, -0.25) is 4.79 Å². The second-order valence-electron chi connectivity index (χ2n) is 5.95. The van der Waals surface area contributed by atoms with Crippen molar-refractivity contribution in [2.45, 2.75) is 18.8 Å². The normalized spacial score (nSPS) is 19.8. The molecule has 0 unspecified atom stereocenters. The van der Waals surface area contributed by atoms with Crippen molar-refractivity contribution in [1.29, 1.82) is 0 Å². The van der Waals surface area contributed by atoms with Crippen LogP contribution in [0, 0.1) is 5.82 Å². The Morgan fingerprint density at radius 1 is 1.17 bits per heavy atom. The molecule has 0 radical (unpaired) electrons. The van der Waals surface area contributed by atoms with Crippen LogP contribution in [0.15, 0.2) is 36.4 Å². The Bertz CT molecular complexity index is 793. The van der Waals surface area contributed by atoms with Gasteiger partial charge in [-0.1, -0.05) is 29.8 Å². The SMILES string of the molecule is O=C1NCC[C@H]1c1ccccc1N1CCc2c1ccc(F)c2Cl. The third kappa shape index (κ3) is 2.29. The Balaban J connectivity index is 1.80. The number of amides is 1. The fourth-order valence-corrected chi connectivity index (χ4v) is 3.84. The summed E-state index contributed by atoms with van der Waals surface area (Å²) >= 11 is 6.12. The highest BCUT2D eigenvalue weighted by molar-refractivity contribution is 6.32. The number of carbonyl (C=O) groups excluding carboxylic acids is 1. The van der Waals surface area contributed by atoms with Gasteiger partial charge >= 0.3 is 0 Å². The number of rotatable bonds is 2. The molecule has 2 aliphatic heterocycles. The second-order valence-corrected chi connectivity index (χ2v) is 6.33. The van der Waals surface area contributed by atoms with E-state index in [-0.39, 0.29) is 22.7 Å². The summed E-state index contributed by atoms with van der Waals surface area (Å²) in [5.74, 6) is -0.420. The van der Waals surface area contributed by atoms with Gasteiger partial charge in [0.05, 0.1) is 10.9 Å². The van der Waals surface area contributed by atoms with Crippen molar-refractivity contribution in [2.75, 3.05) is 18.0 Å². The summed E-state index contributed by atoms with van der Waals surface area (Å²) in [7, 11) is 0. The van der Waals surface area contributed by atoms with Crippen LogP contribution in [-0.4, -0.2) is 19.0 Å². The Morgan fingerprint density at radius 2 is 2.00 bits per heavy atom. The number of anilines is 2. The summed E-state index contributed by atoms with van der Waals surface area (Å²) in [4.78, 5) is 14.2. The van der Waals surface area contributed by atoms with E-state index in [9.17, 15) is 9.18 Å². The van der Waals surface area contributed by atoms with Gasteiger partial charge in [0, 0.05) is 24.5 Å². The summed E-state index contributed by atoms with van der Waals surface area (Å²) in [5, 5.41) is 3.10. The first kappa shape index (κ1) is 14.5. The maximum atomic E-state index is 13.7. The zero-order valence-corrected chi connectivity index (χ0v) is 13.2. The van der Waals surface area contributed by atoms with Gasteiger partial charge in [-0.25, -0.2) is 4.39 Å². The van der Waals surface area contributed by atoms with E-state index in [1.54, 1.807) is 6.07 Å². The number of para-hydroxylation sites is 1. The molecule has 2 aromatic carbocycles. The average Bonchev–Trinajstić information content (AvgIpc) is 3.17. The molecular weight excluding hydrogens is 315 g/mol. The first-order chi connectivity index (χ1) is 11.2. The van der Waals surface area contributed by atoms with Crippen LogP contribution in [0.1, 0.15) is 23.5 Å². The molecule has 1 N–H and O–H groups in total. The molecule has 1 fully saturated rings. The van der Waals surface area contributed by atoms with Crippen LogP contribution in [-0.2, 0) is 11.2 Å². The Morgan fingerprint density at radius 3 is 2.78 bits per heavy atom. The molecule has 0 bridgehead atoms. The quantitative estimate of drug-likeness (QED) is 0.909. The third-order valence-corrected chi connectivity index (χ3v) is 5.11. The highest BCUT2D eigenvalue weighted by Gasteiger charge is 2.31. The first-order valence-electron chi connectivity index (χ1n) is 7.78. The molecule has 23 heavy (non-hydrogen) atoms. The molecule has 3 nitrogen and oxygen atoms in total. The number of halogens is 2. The van der Waals surface area contributed by atoms with Gasteiger partial charge < -0.3 is 10.2 Å². The third-order valence-electron chi connectivity index (χ3n) is 4.70. The molecule has 5 heteroatoms. The summed E-state index contributed by atoms with van der Waals surface area (Å²) < 4.78 is 13.7. The summed E-state index contributed by atoms with van der Waals surface area (Å²) in [6, 6.07) is 11.1. The minimum atomic E-state index is -0.379. The minimum Gasteiger partial charge on any atom is -0.356 e. The Labute approximate surface area is 139 Å². The lowest BCUT2D eigenvalue weighted by molar-refractivity contribution is -0.120. The van der Waals surface area contributed by atoms with Gasteiger partial charge in [0.25, 0.3) is 0 Å². The highest BCUT2D eigenvalue weighted by Crippen LogP contribution is 2.42. The van der Waals surface area contributed by atoms with Gasteiger partial charge in [-0.2, -0.15) is 0 Å². The summed E-state index contributed by atoms with van der Waals surface area (Å²) in [6.07, 6.45) is 1.51. The summed E-state index contributed by atoms with van der Waals surface area (Å²) in [5.41, 5.74) is 3.81. The Kier molecular flexibility index (Phi) is 3.49. The molecule has 1 amide bonds. The zero-order valence-electron chi connectivity index (χ0n) is 12.5. The van der Waals surface area contributed by atoms with E-state index in [1.165, 1.54) is 6.07 Å². The van der Waals surface area contributed by atoms with E-state index in [2.05, 4.69) is 10.2 Å². The topological polar surface area (TPSA) is 32.3 Å². The molecule has 1 atom stereocenters. The maximum absolute atomic E-state index is 13.7. The molecular formula is C18H16ClFN2O. The number of benzene rings is 2. The Hall–Kier alpha value is -2.07. The molecule has 1 saturated heterocycles. The van der Waals surface area contributed by atoms with Crippen LogP contribution < -0.4 is 10.2 Å². The van der Waals surface area contributed by atoms with Crippen molar-refractivity contribution in [2.24, 2.45) is 0 Å². The molecule has 2 heterocycles. The zero-order chi connectivity index (χ0) is 16.0. The lowest BCUT2D eigenvalue weighted by atomic mass is 9.95. The number of nitrogens with one attached hydrogen (secondary N) is 1. The average molecular weight is 331 g/mol. The van der Waals surface area contributed by atoms with E-state index in [0.29, 0.717) is 13.0 Å². The standard InChI is InChI=1S/C18H16ClFN2O/c19-17-13-8-10-22(16(13)6-5-14(17)20)15-4-2-1-3-11(15)12-7-9-21-18(12)23/h1-6,12H,7-10H2,(H,21,23)/t12-/m0/s1. The predicted molar refractivity (Wildman–Crippen MR) is 88.9 cm³/mol. The van der Waals surface area contributed by atoms with E-state index in [1.807, 2.05) is 24.3 Å². The van der Waals surface area contributed by atoms with E-state index < -0.39 is 0 Å². The largest absolute Gasteiger partial charge is 0.356 e. The van der Waals surface area contributed by atoms with Gasteiger partial charge in [0.15, 0.2) is 0 Å². The maximum Gasteiger partial charge on any atom is 0.227 e. The van der Waals surface area contributed by atoms with Gasteiger partial charge in [-0.05, 0) is 42.2 Å². The van der Waals surface area contributed by atoms with Crippen molar-refractivity contribution in [3.8, 4) is 0 Å². The molecule has 2 aromatic rings. The van der Waals surface area contributed by atoms with Crippen molar-refractivity contribution in [3.63, 3.8) is 0 Å². The highest BCUT2D eigenvalue weighted by atomic mass is 35.5. The van der Waals surface area contributed by atoms with E-state index >= 15 is 0 Å². The van der Waals surface area contributed by atoms with Crippen LogP contribution in [0.2, 0.25) is 5.02 Å². The van der Waals surface area contributed by atoms with Gasteiger partial charge in [-0.15, -0.1) is 0 Å². The lowest BCUT2D eigenvalue weighted by Gasteiger charge is -2.24. The van der Waals surface area contributed by atoms with Crippen molar-refractivity contribution in [1.82, 2.24) is 5.32 Å². The van der Waals surface area contributed by atoms with Crippen molar-refractivity contribution in [3.05, 3.63) is 58.4 Å². The van der Waals surface area contributed by atoms with Gasteiger partial charge in [0.1, 0.15) is 5.82 Å². The molecule has 0 spiro atoms. The second kappa shape index (κ2) is 5.53. The van der Waals surface area contributed by atoms with E-state index in [4.69, 9.17) is 11.6 Å².